The Hall–Kier alpha value is -2.55. The van der Waals surface area contributed by atoms with E-state index >= 15 is 0 Å². The minimum atomic E-state index is -0.942. The molecular weight excluding hydrogens is 348 g/mol. The van der Waals surface area contributed by atoms with Crippen LogP contribution >= 0.6 is 0 Å². The van der Waals surface area contributed by atoms with E-state index in [1.807, 2.05) is 18.2 Å². The van der Waals surface area contributed by atoms with E-state index in [9.17, 15) is 4.79 Å². The van der Waals surface area contributed by atoms with E-state index < -0.39 is 5.97 Å². The van der Waals surface area contributed by atoms with Crippen LogP contribution in [0.3, 0.4) is 0 Å². The van der Waals surface area contributed by atoms with E-state index in [1.54, 1.807) is 6.08 Å². The molecule has 1 aliphatic heterocycles. The predicted octanol–water partition coefficient (Wildman–Crippen LogP) is 6.41. The first-order valence-electron chi connectivity index (χ1n) is 9.87. The Morgan fingerprint density at radius 3 is 2.46 bits per heavy atom. The Bertz CT molecular complexity index is 933. The Morgan fingerprint density at radius 2 is 1.82 bits per heavy atom. The summed E-state index contributed by atoms with van der Waals surface area (Å²) < 4.78 is 6.45. The molecule has 0 atom stereocenters. The summed E-state index contributed by atoms with van der Waals surface area (Å²) in [7, 11) is 0. The number of carboxylic acid groups (broad SMARTS) is 1. The van der Waals surface area contributed by atoms with Gasteiger partial charge in [-0.1, -0.05) is 45.9 Å². The van der Waals surface area contributed by atoms with Gasteiger partial charge in [-0.05, 0) is 78.1 Å². The lowest BCUT2D eigenvalue weighted by Crippen LogP contribution is -2.41. The summed E-state index contributed by atoms with van der Waals surface area (Å²) >= 11 is 0. The average Bonchev–Trinajstić information content (AvgIpc) is 2.57. The lowest BCUT2D eigenvalue weighted by Gasteiger charge is -2.44. The number of hydrogen-bond donors (Lipinski definition) is 1. The number of hydrogen-bond acceptors (Lipinski definition) is 2. The van der Waals surface area contributed by atoms with Gasteiger partial charge in [-0.2, -0.15) is 0 Å². The number of fused-ring (bicyclic) bond motifs is 1. The lowest BCUT2D eigenvalue weighted by atomic mass is 9.72. The van der Waals surface area contributed by atoms with Gasteiger partial charge in [0.2, 0.25) is 0 Å². The molecule has 0 spiro atoms. The Balaban J connectivity index is 2.16. The van der Waals surface area contributed by atoms with Crippen LogP contribution in [-0.2, 0) is 10.2 Å². The van der Waals surface area contributed by atoms with Crippen molar-refractivity contribution in [2.75, 3.05) is 0 Å². The van der Waals surface area contributed by atoms with Crippen molar-refractivity contribution in [1.29, 1.82) is 0 Å². The number of aliphatic carboxylic acids is 1. The van der Waals surface area contributed by atoms with Crippen molar-refractivity contribution in [3.8, 4) is 16.9 Å². The first kappa shape index (κ1) is 20.2. The summed E-state index contributed by atoms with van der Waals surface area (Å²) in [5.74, 6) is 0.429. The van der Waals surface area contributed by atoms with Crippen LogP contribution in [0.1, 0.15) is 70.6 Å². The third-order valence-corrected chi connectivity index (χ3v) is 5.35. The number of rotatable bonds is 4. The zero-order valence-electron chi connectivity index (χ0n) is 17.7. The van der Waals surface area contributed by atoms with Gasteiger partial charge < -0.3 is 9.84 Å². The number of carbonyl (C=O) groups is 1. The van der Waals surface area contributed by atoms with Crippen molar-refractivity contribution in [3.05, 3.63) is 59.2 Å². The second-order valence-electron chi connectivity index (χ2n) is 9.32. The highest BCUT2D eigenvalue weighted by Crippen LogP contribution is 2.49. The van der Waals surface area contributed by atoms with E-state index in [2.05, 4.69) is 59.7 Å². The zero-order chi connectivity index (χ0) is 20.7. The highest BCUT2D eigenvalue weighted by molar-refractivity contribution is 5.85. The van der Waals surface area contributed by atoms with E-state index in [1.165, 1.54) is 17.2 Å². The molecule has 1 aliphatic rings. The Kier molecular flexibility index (Phi) is 5.14. The molecule has 0 aliphatic carbocycles. The lowest BCUT2D eigenvalue weighted by molar-refractivity contribution is -0.131. The molecule has 0 radical (unpaired) electrons. The predicted molar refractivity (Wildman–Crippen MR) is 115 cm³/mol. The number of benzene rings is 2. The van der Waals surface area contributed by atoms with Crippen LogP contribution in [-0.4, -0.2) is 16.7 Å². The molecule has 1 N–H and O–H groups in total. The van der Waals surface area contributed by atoms with Crippen LogP contribution in [0.15, 0.2) is 42.5 Å². The second kappa shape index (κ2) is 7.12. The van der Waals surface area contributed by atoms with Gasteiger partial charge in [-0.15, -0.1) is 0 Å². The molecule has 3 rings (SSSR count). The maximum absolute atomic E-state index is 10.8. The fraction of sp³-hybridized carbons (Fsp3) is 0.400. The molecule has 2 aromatic carbocycles. The minimum Gasteiger partial charge on any atom is -0.487 e. The summed E-state index contributed by atoms with van der Waals surface area (Å²) in [6.45, 7) is 13.3. The molecule has 1 heterocycles. The molecule has 0 saturated carbocycles. The smallest absolute Gasteiger partial charge is 0.328 e. The van der Waals surface area contributed by atoms with Gasteiger partial charge in [-0.25, -0.2) is 4.79 Å². The highest BCUT2D eigenvalue weighted by Gasteiger charge is 2.40. The van der Waals surface area contributed by atoms with Gasteiger partial charge in [0.15, 0.2) is 0 Å². The zero-order valence-corrected chi connectivity index (χ0v) is 17.7. The first-order valence-corrected chi connectivity index (χ1v) is 9.87. The van der Waals surface area contributed by atoms with Crippen molar-refractivity contribution in [1.82, 2.24) is 0 Å². The second-order valence-corrected chi connectivity index (χ2v) is 9.32. The Labute approximate surface area is 168 Å². The normalized spacial score (nSPS) is 17.4. The van der Waals surface area contributed by atoms with Gasteiger partial charge in [0.25, 0.3) is 0 Å². The highest BCUT2D eigenvalue weighted by atomic mass is 16.5. The molecule has 0 amide bonds. The molecule has 0 bridgehead atoms. The summed E-state index contributed by atoms with van der Waals surface area (Å²) in [5, 5.41) is 8.89. The minimum absolute atomic E-state index is 0.0115. The topological polar surface area (TPSA) is 46.5 Å². The van der Waals surface area contributed by atoms with E-state index in [0.29, 0.717) is 5.92 Å². The van der Waals surface area contributed by atoms with Gasteiger partial charge in [0, 0.05) is 11.6 Å². The van der Waals surface area contributed by atoms with Crippen LogP contribution in [0.25, 0.3) is 17.2 Å². The maximum atomic E-state index is 10.8. The largest absolute Gasteiger partial charge is 0.487 e. The van der Waals surface area contributed by atoms with Gasteiger partial charge in [0.05, 0.1) is 0 Å². The van der Waals surface area contributed by atoms with Crippen LogP contribution in [0.5, 0.6) is 5.75 Å². The SMILES string of the molecule is CC(C)c1cc(-c2cccc(/C=C/C(=O)O)c2)cc2c1OC(C)(C)CC2(C)C. The standard InChI is InChI=1S/C25H30O3/c1-16(2)20-13-19(18-9-7-8-17(12-18)10-11-22(26)27)14-21-23(20)28-25(5,6)15-24(21,3)4/h7-14,16H,15H2,1-6H3,(H,26,27)/b11-10+. The van der Waals surface area contributed by atoms with E-state index in [4.69, 9.17) is 9.84 Å². The van der Waals surface area contributed by atoms with Crippen LogP contribution in [0.4, 0.5) is 0 Å². The van der Waals surface area contributed by atoms with Gasteiger partial charge in [-0.3, -0.25) is 0 Å². The summed E-state index contributed by atoms with van der Waals surface area (Å²) in [4.78, 5) is 10.8. The van der Waals surface area contributed by atoms with Crippen molar-refractivity contribution in [2.24, 2.45) is 0 Å². The maximum Gasteiger partial charge on any atom is 0.328 e. The summed E-state index contributed by atoms with van der Waals surface area (Å²) in [5.41, 5.74) is 5.39. The van der Waals surface area contributed by atoms with Gasteiger partial charge in [0.1, 0.15) is 11.4 Å². The summed E-state index contributed by atoms with van der Waals surface area (Å²) in [6.07, 6.45) is 3.75. The van der Waals surface area contributed by atoms with Crippen LogP contribution < -0.4 is 4.74 Å². The molecule has 0 saturated heterocycles. The van der Waals surface area contributed by atoms with Crippen molar-refractivity contribution in [2.45, 2.75) is 64.9 Å². The number of ether oxygens (including phenoxy) is 1. The fourth-order valence-corrected chi connectivity index (χ4v) is 4.32. The summed E-state index contributed by atoms with van der Waals surface area (Å²) in [6, 6.07) is 12.5. The molecule has 28 heavy (non-hydrogen) atoms. The Morgan fingerprint density at radius 1 is 1.11 bits per heavy atom. The number of carboxylic acids is 1. The molecule has 3 nitrogen and oxygen atoms in total. The molecule has 3 heteroatoms. The molecule has 0 unspecified atom stereocenters. The van der Waals surface area contributed by atoms with E-state index in [-0.39, 0.29) is 11.0 Å². The molecule has 148 valence electrons. The molecule has 0 aromatic heterocycles. The van der Waals surface area contributed by atoms with Crippen molar-refractivity contribution in [3.63, 3.8) is 0 Å². The van der Waals surface area contributed by atoms with Crippen LogP contribution in [0, 0.1) is 0 Å². The average molecular weight is 379 g/mol. The monoisotopic (exact) mass is 378 g/mol. The first-order chi connectivity index (χ1) is 13.0. The fourth-order valence-electron chi connectivity index (χ4n) is 4.32. The van der Waals surface area contributed by atoms with Crippen molar-refractivity contribution >= 4 is 12.0 Å². The van der Waals surface area contributed by atoms with Gasteiger partial charge >= 0.3 is 5.97 Å². The quantitative estimate of drug-likeness (QED) is 0.625. The van der Waals surface area contributed by atoms with Crippen LogP contribution in [0.2, 0.25) is 0 Å². The van der Waals surface area contributed by atoms with Crippen molar-refractivity contribution < 1.29 is 14.6 Å². The third kappa shape index (κ3) is 4.14. The van der Waals surface area contributed by atoms with E-state index in [0.717, 1.165) is 28.9 Å². The molecule has 2 aromatic rings. The third-order valence-electron chi connectivity index (χ3n) is 5.35. The molecule has 0 fully saturated rings. The molecular formula is C25H30O3.